The van der Waals surface area contributed by atoms with Gasteiger partial charge in [-0.25, -0.2) is 9.59 Å². The number of anilines is 1. The first-order valence-corrected chi connectivity index (χ1v) is 8.20. The Bertz CT molecular complexity index is 996. The number of carbonyl (C=O) groups excluding carboxylic acids is 1. The average molecular weight is 350 g/mol. The van der Waals surface area contributed by atoms with Gasteiger partial charge in [-0.05, 0) is 24.6 Å². The molecule has 7 nitrogen and oxygen atoms in total. The van der Waals surface area contributed by atoms with Crippen LogP contribution in [0.4, 0.5) is 5.82 Å². The third kappa shape index (κ3) is 4.13. The van der Waals surface area contributed by atoms with Crippen LogP contribution in [0.2, 0.25) is 0 Å². The molecule has 0 saturated heterocycles. The molecular formula is C19H18N4O3. The zero-order valence-corrected chi connectivity index (χ0v) is 14.2. The van der Waals surface area contributed by atoms with Gasteiger partial charge in [-0.15, -0.1) is 0 Å². The lowest BCUT2D eigenvalue weighted by molar-refractivity contribution is -0.135. The molecule has 26 heavy (non-hydrogen) atoms. The predicted octanol–water partition coefficient (Wildman–Crippen LogP) is 2.50. The molecule has 0 aliphatic carbocycles. The number of ether oxygens (including phenoxy) is 1. The Morgan fingerprint density at radius 3 is 2.65 bits per heavy atom. The van der Waals surface area contributed by atoms with Gasteiger partial charge in [-0.3, -0.25) is 5.43 Å². The highest BCUT2D eigenvalue weighted by Gasteiger charge is 2.14. The Hall–Kier alpha value is -3.48. The van der Waals surface area contributed by atoms with Crippen molar-refractivity contribution in [3.05, 3.63) is 70.6 Å². The molecule has 3 rings (SSSR count). The Balaban J connectivity index is 1.93. The van der Waals surface area contributed by atoms with Crippen molar-refractivity contribution in [3.8, 4) is 0 Å². The lowest BCUT2D eigenvalue weighted by Gasteiger charge is -2.08. The molecule has 1 heterocycles. The van der Waals surface area contributed by atoms with Crippen molar-refractivity contribution in [2.75, 3.05) is 12.0 Å². The van der Waals surface area contributed by atoms with Gasteiger partial charge < -0.3 is 9.72 Å². The number of para-hydroxylation sites is 1. The number of H-pyrrole nitrogens is 1. The van der Waals surface area contributed by atoms with E-state index in [-0.39, 0.29) is 18.1 Å². The summed E-state index contributed by atoms with van der Waals surface area (Å²) in [5.74, 6) is -0.239. The normalized spacial score (nSPS) is 11.3. The van der Waals surface area contributed by atoms with Crippen molar-refractivity contribution in [1.29, 1.82) is 0 Å². The van der Waals surface area contributed by atoms with Gasteiger partial charge >= 0.3 is 11.7 Å². The van der Waals surface area contributed by atoms with E-state index < -0.39 is 11.7 Å². The number of nitrogens with zero attached hydrogens (tertiary/aromatic N) is 2. The van der Waals surface area contributed by atoms with E-state index in [0.717, 1.165) is 5.56 Å². The fraction of sp³-hybridized carbons (Fsp3) is 0.158. The third-order valence-electron chi connectivity index (χ3n) is 3.66. The summed E-state index contributed by atoms with van der Waals surface area (Å²) in [6.45, 7) is 1.98. The first kappa shape index (κ1) is 17.3. The van der Waals surface area contributed by atoms with E-state index in [0.29, 0.717) is 17.3 Å². The molecule has 0 saturated carbocycles. The standard InChI is InChI=1S/C19H18N4O3/c1-2-26-18(24)16(12-13-8-4-3-5-9-13)22-23-17-14-10-6-7-11-15(14)20-19(25)21-17/h3-11H,2,12H2,1H3,(H2,20,21,23,25)/b22-16-. The van der Waals surface area contributed by atoms with Crippen molar-refractivity contribution in [2.45, 2.75) is 13.3 Å². The van der Waals surface area contributed by atoms with E-state index in [2.05, 4.69) is 20.5 Å². The highest BCUT2D eigenvalue weighted by atomic mass is 16.5. The Kier molecular flexibility index (Phi) is 5.38. The number of esters is 1. The number of fused-ring (bicyclic) bond motifs is 1. The van der Waals surface area contributed by atoms with Gasteiger partial charge in [0.2, 0.25) is 0 Å². The molecule has 132 valence electrons. The number of hydrogen-bond donors (Lipinski definition) is 2. The molecule has 0 fully saturated rings. The van der Waals surface area contributed by atoms with Crippen LogP contribution in [0.1, 0.15) is 12.5 Å². The smallest absolute Gasteiger partial charge is 0.354 e. The van der Waals surface area contributed by atoms with E-state index in [1.54, 1.807) is 19.1 Å². The average Bonchev–Trinajstić information content (AvgIpc) is 2.65. The molecule has 0 aliphatic rings. The van der Waals surface area contributed by atoms with Crippen LogP contribution in [0, 0.1) is 0 Å². The van der Waals surface area contributed by atoms with Gasteiger partial charge in [0.25, 0.3) is 0 Å². The minimum Gasteiger partial charge on any atom is -0.461 e. The number of rotatable bonds is 6. The van der Waals surface area contributed by atoms with Crippen LogP contribution in [-0.2, 0) is 16.0 Å². The molecule has 0 unspecified atom stereocenters. The number of nitrogens with one attached hydrogen (secondary N) is 2. The molecule has 0 aliphatic heterocycles. The van der Waals surface area contributed by atoms with Crippen LogP contribution < -0.4 is 11.1 Å². The maximum absolute atomic E-state index is 12.2. The lowest BCUT2D eigenvalue weighted by Crippen LogP contribution is -2.22. The van der Waals surface area contributed by atoms with Crippen molar-refractivity contribution < 1.29 is 9.53 Å². The molecule has 2 N–H and O–H groups in total. The summed E-state index contributed by atoms with van der Waals surface area (Å²) in [5, 5.41) is 4.87. The van der Waals surface area contributed by atoms with E-state index in [4.69, 9.17) is 4.74 Å². The summed E-state index contributed by atoms with van der Waals surface area (Å²) >= 11 is 0. The Morgan fingerprint density at radius 2 is 1.88 bits per heavy atom. The monoisotopic (exact) mass is 350 g/mol. The molecule has 2 aromatic carbocycles. The van der Waals surface area contributed by atoms with Crippen LogP contribution in [-0.4, -0.2) is 28.3 Å². The van der Waals surface area contributed by atoms with Gasteiger partial charge in [-0.1, -0.05) is 42.5 Å². The molecule has 0 atom stereocenters. The molecule has 7 heteroatoms. The number of hydrogen-bond acceptors (Lipinski definition) is 6. The number of aromatic amines is 1. The second-order valence-electron chi connectivity index (χ2n) is 5.49. The van der Waals surface area contributed by atoms with Gasteiger partial charge in [0.05, 0.1) is 12.1 Å². The van der Waals surface area contributed by atoms with Crippen LogP contribution in [0.5, 0.6) is 0 Å². The summed E-state index contributed by atoms with van der Waals surface area (Å²) in [5.41, 5.74) is 4.00. The second kappa shape index (κ2) is 8.06. The maximum atomic E-state index is 12.2. The topological polar surface area (TPSA) is 96.4 Å². The number of benzene rings is 2. The largest absolute Gasteiger partial charge is 0.461 e. The summed E-state index contributed by atoms with van der Waals surface area (Å²) in [7, 11) is 0. The van der Waals surface area contributed by atoms with Crippen LogP contribution in [0.15, 0.2) is 64.5 Å². The number of aromatic nitrogens is 2. The van der Waals surface area contributed by atoms with Crippen molar-refractivity contribution in [1.82, 2.24) is 9.97 Å². The molecule has 0 spiro atoms. The van der Waals surface area contributed by atoms with Crippen molar-refractivity contribution in [3.63, 3.8) is 0 Å². The Morgan fingerprint density at radius 1 is 1.15 bits per heavy atom. The van der Waals surface area contributed by atoms with E-state index in [9.17, 15) is 9.59 Å². The van der Waals surface area contributed by atoms with Crippen LogP contribution in [0.3, 0.4) is 0 Å². The first-order valence-electron chi connectivity index (χ1n) is 8.20. The second-order valence-corrected chi connectivity index (χ2v) is 5.49. The minimum atomic E-state index is -0.516. The van der Waals surface area contributed by atoms with Gasteiger partial charge in [0.15, 0.2) is 5.82 Å². The van der Waals surface area contributed by atoms with Gasteiger partial charge in [0, 0.05) is 11.8 Å². The quantitative estimate of drug-likeness (QED) is 0.404. The highest BCUT2D eigenvalue weighted by Crippen LogP contribution is 2.17. The summed E-state index contributed by atoms with van der Waals surface area (Å²) in [6.07, 6.45) is 0.299. The Labute approximate surface area is 149 Å². The minimum absolute atomic E-state index is 0.198. The van der Waals surface area contributed by atoms with E-state index in [1.165, 1.54) is 0 Å². The molecule has 3 aromatic rings. The van der Waals surface area contributed by atoms with E-state index >= 15 is 0 Å². The summed E-state index contributed by atoms with van der Waals surface area (Å²) < 4.78 is 5.08. The van der Waals surface area contributed by atoms with Crippen molar-refractivity contribution >= 4 is 28.4 Å². The van der Waals surface area contributed by atoms with E-state index in [1.807, 2.05) is 42.5 Å². The zero-order chi connectivity index (χ0) is 18.4. The fourth-order valence-corrected chi connectivity index (χ4v) is 2.47. The fourth-order valence-electron chi connectivity index (χ4n) is 2.47. The maximum Gasteiger partial charge on any atom is 0.354 e. The van der Waals surface area contributed by atoms with Crippen LogP contribution >= 0.6 is 0 Å². The molecule has 0 radical (unpaired) electrons. The van der Waals surface area contributed by atoms with Crippen LogP contribution in [0.25, 0.3) is 10.9 Å². The molecular weight excluding hydrogens is 332 g/mol. The third-order valence-corrected chi connectivity index (χ3v) is 3.66. The molecule has 0 amide bonds. The number of hydrazone groups is 1. The summed E-state index contributed by atoms with van der Waals surface area (Å²) in [4.78, 5) is 30.5. The SMILES string of the molecule is CCOC(=O)/C(Cc1ccccc1)=N\Nc1nc(=O)[nH]c2ccccc12. The molecule has 0 bridgehead atoms. The zero-order valence-electron chi connectivity index (χ0n) is 14.2. The van der Waals surface area contributed by atoms with Crippen molar-refractivity contribution in [2.24, 2.45) is 5.10 Å². The lowest BCUT2D eigenvalue weighted by atomic mass is 10.1. The predicted molar refractivity (Wildman–Crippen MR) is 100 cm³/mol. The molecule has 1 aromatic heterocycles. The first-order chi connectivity index (χ1) is 12.7. The highest BCUT2D eigenvalue weighted by molar-refractivity contribution is 6.37. The summed E-state index contributed by atoms with van der Waals surface area (Å²) in [6, 6.07) is 16.7. The van der Waals surface area contributed by atoms with Gasteiger partial charge in [0.1, 0.15) is 5.71 Å². The number of carbonyl (C=O) groups is 1. The van der Waals surface area contributed by atoms with Gasteiger partial charge in [-0.2, -0.15) is 10.1 Å².